The Balaban J connectivity index is 2.52. The molecule has 3 heteroatoms. The second kappa shape index (κ2) is 3.73. The fourth-order valence-corrected chi connectivity index (χ4v) is 1.82. The van der Waals surface area contributed by atoms with Crippen LogP contribution < -0.4 is 11.1 Å². The summed E-state index contributed by atoms with van der Waals surface area (Å²) in [6.07, 6.45) is 1.18. The Labute approximate surface area is 75.3 Å². The smallest absolute Gasteiger partial charge is 0.0442 e. The van der Waals surface area contributed by atoms with Crippen molar-refractivity contribution in [3.8, 4) is 0 Å². The molecular formula is C9H21N3. The normalized spacial score (nSPS) is 31.8. The zero-order chi connectivity index (χ0) is 9.19. The molecule has 1 atom stereocenters. The van der Waals surface area contributed by atoms with Crippen LogP contribution in [0.25, 0.3) is 0 Å². The number of nitrogens with one attached hydrogen (secondary N) is 1. The minimum atomic E-state index is 0.185. The van der Waals surface area contributed by atoms with E-state index >= 15 is 0 Å². The van der Waals surface area contributed by atoms with Crippen molar-refractivity contribution in [2.45, 2.75) is 31.8 Å². The molecule has 0 aromatic rings. The highest BCUT2D eigenvalue weighted by molar-refractivity contribution is 4.97. The first-order valence-electron chi connectivity index (χ1n) is 4.76. The van der Waals surface area contributed by atoms with E-state index in [0.29, 0.717) is 6.04 Å². The lowest BCUT2D eigenvalue weighted by Gasteiger charge is -2.28. The summed E-state index contributed by atoms with van der Waals surface area (Å²) >= 11 is 0. The van der Waals surface area contributed by atoms with E-state index in [9.17, 15) is 0 Å². The summed E-state index contributed by atoms with van der Waals surface area (Å²) in [5, 5.41) is 3.35. The number of nitrogens with two attached hydrogens (primary N) is 1. The fourth-order valence-electron chi connectivity index (χ4n) is 1.82. The molecule has 1 heterocycles. The van der Waals surface area contributed by atoms with Gasteiger partial charge in [0.1, 0.15) is 0 Å². The Morgan fingerprint density at radius 2 is 2.25 bits per heavy atom. The van der Waals surface area contributed by atoms with Gasteiger partial charge in [-0.15, -0.1) is 0 Å². The number of hydrogen-bond donors (Lipinski definition) is 2. The van der Waals surface area contributed by atoms with E-state index in [2.05, 4.69) is 24.1 Å². The Hall–Kier alpha value is -0.120. The van der Waals surface area contributed by atoms with Gasteiger partial charge in [0.25, 0.3) is 0 Å². The summed E-state index contributed by atoms with van der Waals surface area (Å²) in [6.45, 7) is 7.49. The predicted molar refractivity (Wildman–Crippen MR) is 52.2 cm³/mol. The van der Waals surface area contributed by atoms with Gasteiger partial charge in [-0.3, -0.25) is 4.90 Å². The van der Waals surface area contributed by atoms with Crippen molar-refractivity contribution in [1.82, 2.24) is 10.2 Å². The topological polar surface area (TPSA) is 41.3 Å². The van der Waals surface area contributed by atoms with Crippen molar-refractivity contribution in [3.05, 3.63) is 0 Å². The molecule has 1 aliphatic heterocycles. The summed E-state index contributed by atoms with van der Waals surface area (Å²) in [5.41, 5.74) is 5.94. The fraction of sp³-hybridized carbons (Fsp3) is 1.00. The van der Waals surface area contributed by atoms with Crippen LogP contribution in [0.1, 0.15) is 20.3 Å². The number of likely N-dealkylation sites (N-methyl/N-ethyl adjacent to an activating group) is 1. The molecule has 3 N–H and O–H groups in total. The Kier molecular flexibility index (Phi) is 3.09. The molecular weight excluding hydrogens is 150 g/mol. The first-order valence-corrected chi connectivity index (χ1v) is 4.76. The van der Waals surface area contributed by atoms with Crippen LogP contribution in [0.5, 0.6) is 0 Å². The predicted octanol–water partition coefficient (Wildman–Crippen LogP) is 0.0174. The molecule has 0 radical (unpaired) electrons. The van der Waals surface area contributed by atoms with Gasteiger partial charge in [-0.25, -0.2) is 0 Å². The quantitative estimate of drug-likeness (QED) is 0.629. The lowest BCUT2D eigenvalue weighted by molar-refractivity contribution is 0.246. The number of likely N-dealkylation sites (tertiary alicyclic amines) is 1. The van der Waals surface area contributed by atoms with Crippen LogP contribution in [0, 0.1) is 0 Å². The third-order valence-electron chi connectivity index (χ3n) is 3.03. The van der Waals surface area contributed by atoms with E-state index in [-0.39, 0.29) is 5.54 Å². The number of rotatable bonds is 3. The highest BCUT2D eigenvalue weighted by atomic mass is 15.2. The summed E-state index contributed by atoms with van der Waals surface area (Å²) in [6, 6.07) is 0.645. The van der Waals surface area contributed by atoms with E-state index in [0.717, 1.165) is 13.1 Å². The maximum atomic E-state index is 5.75. The first-order chi connectivity index (χ1) is 5.63. The largest absolute Gasteiger partial charge is 0.329 e. The van der Waals surface area contributed by atoms with Gasteiger partial charge in [0.2, 0.25) is 0 Å². The highest BCUT2D eigenvalue weighted by Crippen LogP contribution is 2.21. The molecule has 0 bridgehead atoms. The van der Waals surface area contributed by atoms with Gasteiger partial charge >= 0.3 is 0 Å². The molecule has 0 aromatic heterocycles. The van der Waals surface area contributed by atoms with E-state index in [1.807, 2.05) is 7.05 Å². The third-order valence-corrected chi connectivity index (χ3v) is 3.03. The Bertz CT molecular complexity index is 141. The molecule has 72 valence electrons. The van der Waals surface area contributed by atoms with Gasteiger partial charge < -0.3 is 11.1 Å². The Morgan fingerprint density at radius 3 is 2.50 bits per heavy atom. The molecule has 1 rings (SSSR count). The molecule has 1 aliphatic rings. The van der Waals surface area contributed by atoms with Crippen LogP contribution in [0.15, 0.2) is 0 Å². The number of hydrogen-bond acceptors (Lipinski definition) is 3. The van der Waals surface area contributed by atoms with Gasteiger partial charge in [0.05, 0.1) is 0 Å². The molecule has 0 aliphatic carbocycles. The molecule has 0 saturated carbocycles. The Morgan fingerprint density at radius 1 is 1.58 bits per heavy atom. The average Bonchev–Trinajstić information content (AvgIpc) is 2.49. The summed E-state index contributed by atoms with van der Waals surface area (Å²) in [5.74, 6) is 0. The van der Waals surface area contributed by atoms with Gasteiger partial charge in [-0.1, -0.05) is 0 Å². The number of nitrogens with zero attached hydrogens (tertiary/aromatic N) is 1. The van der Waals surface area contributed by atoms with Crippen molar-refractivity contribution in [2.75, 3.05) is 26.7 Å². The standard InChI is InChI=1S/C9H21N3/c1-8(2)12-5-4-9(6-10,7-12)11-3/h8,11H,4-7,10H2,1-3H3. The van der Waals surface area contributed by atoms with Crippen molar-refractivity contribution in [1.29, 1.82) is 0 Å². The third kappa shape index (κ3) is 1.79. The molecule has 1 fully saturated rings. The second-order valence-corrected chi connectivity index (χ2v) is 4.05. The van der Waals surface area contributed by atoms with E-state index < -0.39 is 0 Å². The van der Waals surface area contributed by atoms with Crippen LogP contribution in [0.2, 0.25) is 0 Å². The maximum absolute atomic E-state index is 5.75. The molecule has 1 unspecified atom stereocenters. The van der Waals surface area contributed by atoms with E-state index in [1.54, 1.807) is 0 Å². The van der Waals surface area contributed by atoms with Crippen molar-refractivity contribution >= 4 is 0 Å². The van der Waals surface area contributed by atoms with E-state index in [4.69, 9.17) is 5.73 Å². The molecule has 12 heavy (non-hydrogen) atoms. The highest BCUT2D eigenvalue weighted by Gasteiger charge is 2.35. The average molecular weight is 171 g/mol. The van der Waals surface area contributed by atoms with Gasteiger partial charge in [0.15, 0.2) is 0 Å². The van der Waals surface area contributed by atoms with Crippen molar-refractivity contribution < 1.29 is 0 Å². The van der Waals surface area contributed by atoms with Crippen molar-refractivity contribution in [2.24, 2.45) is 5.73 Å². The summed E-state index contributed by atoms with van der Waals surface area (Å²) < 4.78 is 0. The van der Waals surface area contributed by atoms with E-state index in [1.165, 1.54) is 13.0 Å². The molecule has 0 amide bonds. The van der Waals surface area contributed by atoms with Crippen LogP contribution in [-0.4, -0.2) is 43.2 Å². The maximum Gasteiger partial charge on any atom is 0.0442 e. The minimum absolute atomic E-state index is 0.185. The minimum Gasteiger partial charge on any atom is -0.329 e. The monoisotopic (exact) mass is 171 g/mol. The zero-order valence-electron chi connectivity index (χ0n) is 8.43. The van der Waals surface area contributed by atoms with Gasteiger partial charge in [-0.2, -0.15) is 0 Å². The van der Waals surface area contributed by atoms with Crippen molar-refractivity contribution in [3.63, 3.8) is 0 Å². The summed E-state index contributed by atoms with van der Waals surface area (Å²) in [4.78, 5) is 2.48. The van der Waals surface area contributed by atoms with Crippen LogP contribution in [0.4, 0.5) is 0 Å². The zero-order valence-corrected chi connectivity index (χ0v) is 8.43. The molecule has 1 saturated heterocycles. The van der Waals surface area contributed by atoms with Crippen LogP contribution in [-0.2, 0) is 0 Å². The molecule has 3 nitrogen and oxygen atoms in total. The summed E-state index contributed by atoms with van der Waals surface area (Å²) in [7, 11) is 2.01. The second-order valence-electron chi connectivity index (χ2n) is 4.05. The lowest BCUT2D eigenvalue weighted by Crippen LogP contribution is -2.51. The van der Waals surface area contributed by atoms with Gasteiger partial charge in [-0.05, 0) is 27.3 Å². The molecule has 0 aromatic carbocycles. The molecule has 0 spiro atoms. The lowest BCUT2D eigenvalue weighted by atomic mass is 9.99. The first kappa shape index (κ1) is 9.96. The van der Waals surface area contributed by atoms with Gasteiger partial charge in [0, 0.05) is 31.2 Å². The SMILES string of the molecule is CNC1(CN)CCN(C(C)C)C1. The van der Waals surface area contributed by atoms with Crippen LogP contribution in [0.3, 0.4) is 0 Å². The van der Waals surface area contributed by atoms with Crippen LogP contribution >= 0.6 is 0 Å².